The largest absolute Gasteiger partial charge is 0.481 e. The summed E-state index contributed by atoms with van der Waals surface area (Å²) >= 11 is 0. The van der Waals surface area contributed by atoms with Crippen molar-refractivity contribution in [3.8, 4) is 0 Å². The monoisotopic (exact) mass is 227 g/mol. The first-order chi connectivity index (χ1) is 7.47. The maximum absolute atomic E-state index is 11.5. The van der Waals surface area contributed by atoms with E-state index < -0.39 is 5.97 Å². The first kappa shape index (κ1) is 14.7. The van der Waals surface area contributed by atoms with Crippen LogP contribution in [0.25, 0.3) is 0 Å². The van der Waals surface area contributed by atoms with Crippen molar-refractivity contribution < 1.29 is 14.7 Å². The van der Waals surface area contributed by atoms with Gasteiger partial charge in [-0.25, -0.2) is 0 Å². The molecule has 0 fully saturated rings. The van der Waals surface area contributed by atoms with E-state index in [0.29, 0.717) is 18.5 Å². The van der Waals surface area contributed by atoms with Gasteiger partial charge in [-0.2, -0.15) is 0 Å². The fraction of sp³-hybridized carbons (Fsp3) is 0.667. The first-order valence-corrected chi connectivity index (χ1v) is 5.64. The standard InChI is InChI=1S/C12H21NO3/c1-4-5-10(3)12(16)13-8-9(2)6-7-11(14)15/h5,9H,4,6-8H2,1-3H3,(H,13,16)(H,14,15)/b10-5-. The lowest BCUT2D eigenvalue weighted by Gasteiger charge is -2.11. The molecule has 16 heavy (non-hydrogen) atoms. The minimum Gasteiger partial charge on any atom is -0.481 e. The van der Waals surface area contributed by atoms with Crippen LogP contribution < -0.4 is 5.32 Å². The van der Waals surface area contributed by atoms with E-state index in [4.69, 9.17) is 5.11 Å². The number of rotatable bonds is 7. The third kappa shape index (κ3) is 7.04. The molecule has 0 aromatic rings. The van der Waals surface area contributed by atoms with Gasteiger partial charge in [-0.05, 0) is 25.7 Å². The number of carboxylic acid groups (broad SMARTS) is 1. The van der Waals surface area contributed by atoms with Gasteiger partial charge in [0.25, 0.3) is 0 Å². The highest BCUT2D eigenvalue weighted by Gasteiger charge is 2.08. The molecular formula is C12H21NO3. The third-order valence-corrected chi connectivity index (χ3v) is 2.33. The van der Waals surface area contributed by atoms with Crippen LogP contribution in [0, 0.1) is 5.92 Å². The van der Waals surface area contributed by atoms with Crippen LogP contribution in [0.3, 0.4) is 0 Å². The second kappa shape index (κ2) is 7.91. The average Bonchev–Trinajstić information content (AvgIpc) is 2.23. The number of allylic oxidation sites excluding steroid dienone is 1. The summed E-state index contributed by atoms with van der Waals surface area (Å²) in [5, 5.41) is 11.3. The molecule has 0 rings (SSSR count). The van der Waals surface area contributed by atoms with Crippen LogP contribution in [0.1, 0.15) is 40.0 Å². The predicted octanol–water partition coefficient (Wildman–Crippen LogP) is 1.96. The summed E-state index contributed by atoms with van der Waals surface area (Å²) in [6.45, 7) is 6.22. The Morgan fingerprint density at radius 3 is 2.56 bits per heavy atom. The van der Waals surface area contributed by atoms with Crippen molar-refractivity contribution in [2.45, 2.75) is 40.0 Å². The van der Waals surface area contributed by atoms with Crippen molar-refractivity contribution >= 4 is 11.9 Å². The number of hydrogen-bond acceptors (Lipinski definition) is 2. The quantitative estimate of drug-likeness (QED) is 0.653. The highest BCUT2D eigenvalue weighted by molar-refractivity contribution is 5.92. The fourth-order valence-electron chi connectivity index (χ4n) is 1.28. The lowest BCUT2D eigenvalue weighted by molar-refractivity contribution is -0.137. The van der Waals surface area contributed by atoms with Gasteiger partial charge in [0.1, 0.15) is 0 Å². The molecule has 0 radical (unpaired) electrons. The minimum absolute atomic E-state index is 0.0657. The lowest BCUT2D eigenvalue weighted by atomic mass is 10.1. The molecule has 92 valence electrons. The molecule has 0 bridgehead atoms. The number of carbonyl (C=O) groups excluding carboxylic acids is 1. The van der Waals surface area contributed by atoms with E-state index in [1.807, 2.05) is 19.9 Å². The van der Waals surface area contributed by atoms with Crippen LogP contribution in [0.2, 0.25) is 0 Å². The number of carbonyl (C=O) groups is 2. The van der Waals surface area contributed by atoms with Gasteiger partial charge in [0.15, 0.2) is 0 Å². The van der Waals surface area contributed by atoms with Gasteiger partial charge in [0, 0.05) is 18.5 Å². The van der Waals surface area contributed by atoms with E-state index in [-0.39, 0.29) is 18.2 Å². The molecule has 1 unspecified atom stereocenters. The van der Waals surface area contributed by atoms with E-state index >= 15 is 0 Å². The molecule has 0 saturated heterocycles. The van der Waals surface area contributed by atoms with Crippen molar-refractivity contribution in [1.29, 1.82) is 0 Å². The summed E-state index contributed by atoms with van der Waals surface area (Å²) in [5.74, 6) is -0.668. The molecule has 0 heterocycles. The summed E-state index contributed by atoms with van der Waals surface area (Å²) in [5.41, 5.74) is 0.716. The molecule has 0 aliphatic rings. The topological polar surface area (TPSA) is 66.4 Å². The zero-order valence-electron chi connectivity index (χ0n) is 10.2. The molecule has 0 spiro atoms. The van der Waals surface area contributed by atoms with Gasteiger partial charge in [-0.15, -0.1) is 0 Å². The summed E-state index contributed by atoms with van der Waals surface area (Å²) in [6.07, 6.45) is 3.46. The molecule has 1 amide bonds. The molecule has 4 heteroatoms. The van der Waals surface area contributed by atoms with Crippen LogP contribution in [0.5, 0.6) is 0 Å². The van der Waals surface area contributed by atoms with Gasteiger partial charge >= 0.3 is 5.97 Å². The number of aliphatic carboxylic acids is 1. The number of carboxylic acids is 1. The van der Waals surface area contributed by atoms with E-state index in [9.17, 15) is 9.59 Å². The lowest BCUT2D eigenvalue weighted by Crippen LogP contribution is -2.29. The summed E-state index contributed by atoms with van der Waals surface area (Å²) in [6, 6.07) is 0. The Labute approximate surface area is 96.7 Å². The van der Waals surface area contributed by atoms with E-state index in [2.05, 4.69) is 5.32 Å². The van der Waals surface area contributed by atoms with Crippen molar-refractivity contribution in [3.05, 3.63) is 11.6 Å². The molecule has 1 atom stereocenters. The highest BCUT2D eigenvalue weighted by Crippen LogP contribution is 2.04. The maximum Gasteiger partial charge on any atom is 0.303 e. The van der Waals surface area contributed by atoms with Crippen molar-refractivity contribution in [1.82, 2.24) is 5.32 Å². The Morgan fingerprint density at radius 1 is 1.44 bits per heavy atom. The average molecular weight is 227 g/mol. The fourth-order valence-corrected chi connectivity index (χ4v) is 1.28. The van der Waals surface area contributed by atoms with Gasteiger partial charge in [-0.3, -0.25) is 9.59 Å². The van der Waals surface area contributed by atoms with Gasteiger partial charge in [0.2, 0.25) is 5.91 Å². The van der Waals surface area contributed by atoms with Crippen LogP contribution in [0.15, 0.2) is 11.6 Å². The Balaban J connectivity index is 3.83. The van der Waals surface area contributed by atoms with Crippen LogP contribution in [-0.4, -0.2) is 23.5 Å². The summed E-state index contributed by atoms with van der Waals surface area (Å²) in [4.78, 5) is 21.8. The summed E-state index contributed by atoms with van der Waals surface area (Å²) < 4.78 is 0. The molecule has 0 aromatic heterocycles. The Kier molecular flexibility index (Phi) is 7.25. The normalized spacial score (nSPS) is 13.3. The Morgan fingerprint density at radius 2 is 2.06 bits per heavy atom. The SMILES string of the molecule is CC/C=C(/C)C(=O)NCC(C)CCC(=O)O. The molecule has 0 aliphatic heterocycles. The van der Waals surface area contributed by atoms with E-state index in [1.54, 1.807) is 6.92 Å². The van der Waals surface area contributed by atoms with Gasteiger partial charge < -0.3 is 10.4 Å². The molecule has 0 saturated carbocycles. The third-order valence-electron chi connectivity index (χ3n) is 2.33. The number of amides is 1. The molecule has 2 N–H and O–H groups in total. The molecule has 0 aromatic carbocycles. The van der Waals surface area contributed by atoms with Crippen molar-refractivity contribution in [3.63, 3.8) is 0 Å². The zero-order valence-corrected chi connectivity index (χ0v) is 10.2. The van der Waals surface area contributed by atoms with E-state index in [0.717, 1.165) is 6.42 Å². The smallest absolute Gasteiger partial charge is 0.303 e. The van der Waals surface area contributed by atoms with Crippen LogP contribution in [0.4, 0.5) is 0 Å². The number of hydrogen-bond donors (Lipinski definition) is 2. The van der Waals surface area contributed by atoms with E-state index in [1.165, 1.54) is 0 Å². The Hall–Kier alpha value is -1.32. The number of nitrogens with one attached hydrogen (secondary N) is 1. The minimum atomic E-state index is -0.791. The Bertz CT molecular complexity index is 271. The second-order valence-electron chi connectivity index (χ2n) is 4.04. The zero-order chi connectivity index (χ0) is 12.6. The molecule has 4 nitrogen and oxygen atoms in total. The molecule has 0 aliphatic carbocycles. The van der Waals surface area contributed by atoms with Crippen LogP contribution in [-0.2, 0) is 9.59 Å². The highest BCUT2D eigenvalue weighted by atomic mass is 16.4. The van der Waals surface area contributed by atoms with Crippen molar-refractivity contribution in [2.24, 2.45) is 5.92 Å². The predicted molar refractivity (Wildman–Crippen MR) is 63.1 cm³/mol. The molecular weight excluding hydrogens is 206 g/mol. The first-order valence-electron chi connectivity index (χ1n) is 5.64. The second-order valence-corrected chi connectivity index (χ2v) is 4.04. The van der Waals surface area contributed by atoms with Gasteiger partial charge in [-0.1, -0.05) is 19.9 Å². The maximum atomic E-state index is 11.5. The summed E-state index contributed by atoms with van der Waals surface area (Å²) in [7, 11) is 0. The van der Waals surface area contributed by atoms with Gasteiger partial charge in [0.05, 0.1) is 0 Å². The van der Waals surface area contributed by atoms with Crippen LogP contribution >= 0.6 is 0 Å². The van der Waals surface area contributed by atoms with Crippen molar-refractivity contribution in [2.75, 3.05) is 6.54 Å².